The van der Waals surface area contributed by atoms with E-state index in [1.54, 1.807) is 0 Å². The van der Waals surface area contributed by atoms with Gasteiger partial charge in [0.1, 0.15) is 5.60 Å². The monoisotopic (exact) mass is 537 g/mol. The molecule has 2 aliphatic heterocycles. The van der Waals surface area contributed by atoms with Gasteiger partial charge in [0.15, 0.2) is 0 Å². The van der Waals surface area contributed by atoms with Crippen LogP contribution < -0.4 is 15.8 Å². The molecule has 5 nitrogen and oxygen atoms in total. The predicted octanol–water partition coefficient (Wildman–Crippen LogP) is 7.00. The Balaban J connectivity index is 1.46. The van der Waals surface area contributed by atoms with Crippen LogP contribution >= 0.6 is 0 Å². The minimum atomic E-state index is -0.508. The van der Waals surface area contributed by atoms with Crippen LogP contribution in [0.4, 0.5) is 17.1 Å². The lowest BCUT2D eigenvalue weighted by molar-refractivity contribution is 0.00578. The summed E-state index contributed by atoms with van der Waals surface area (Å²) in [7, 11) is -0.856. The number of benzene rings is 3. The highest BCUT2D eigenvalue weighted by Gasteiger charge is 2.51. The second kappa shape index (κ2) is 10.4. The molecule has 2 fully saturated rings. The number of rotatable bonds is 7. The molecule has 5 rings (SSSR count). The lowest BCUT2D eigenvalue weighted by Gasteiger charge is -2.32. The summed E-state index contributed by atoms with van der Waals surface area (Å²) < 4.78 is 24.6. The van der Waals surface area contributed by atoms with Crippen LogP contribution in [-0.2, 0) is 18.6 Å². The van der Waals surface area contributed by atoms with Gasteiger partial charge >= 0.3 is 14.2 Å². The maximum Gasteiger partial charge on any atom is 0.563 e. The van der Waals surface area contributed by atoms with E-state index >= 15 is 0 Å². The zero-order chi connectivity index (χ0) is 28.9. The van der Waals surface area contributed by atoms with Crippen LogP contribution in [0.3, 0.4) is 0 Å². The van der Waals surface area contributed by atoms with Crippen molar-refractivity contribution in [2.45, 2.75) is 84.5 Å². The zero-order valence-corrected chi connectivity index (χ0v) is 25.2. The van der Waals surface area contributed by atoms with E-state index in [1.807, 2.05) is 13.8 Å². The molecule has 3 aromatic rings. The Morgan fingerprint density at radius 2 is 1.10 bits per heavy atom. The van der Waals surface area contributed by atoms with Crippen molar-refractivity contribution in [1.29, 1.82) is 0 Å². The smallest absolute Gasteiger partial charge is 0.534 e. The van der Waals surface area contributed by atoms with Crippen molar-refractivity contribution in [3.05, 3.63) is 90.7 Å². The SMILES string of the molecule is C=C1OB(c2ccc(N(c3ccc(B4OC(C)(C)C(C)(C)O4)cc3)c3ccc(C(C)CC)cc3)cc2)OC1(C)C. The van der Waals surface area contributed by atoms with Crippen LogP contribution in [0.5, 0.6) is 0 Å². The predicted molar refractivity (Wildman–Crippen MR) is 166 cm³/mol. The van der Waals surface area contributed by atoms with E-state index in [1.165, 1.54) is 5.56 Å². The van der Waals surface area contributed by atoms with E-state index in [0.717, 1.165) is 34.4 Å². The third-order valence-corrected chi connectivity index (χ3v) is 8.76. The third-order valence-electron chi connectivity index (χ3n) is 8.76. The fourth-order valence-electron chi connectivity index (χ4n) is 4.94. The molecule has 0 amide bonds. The van der Waals surface area contributed by atoms with Gasteiger partial charge < -0.3 is 23.5 Å². The fraction of sp³-hybridized carbons (Fsp3) is 0.394. The van der Waals surface area contributed by atoms with E-state index in [4.69, 9.17) is 18.6 Å². The largest absolute Gasteiger partial charge is 0.563 e. The number of anilines is 3. The summed E-state index contributed by atoms with van der Waals surface area (Å²) in [5.41, 5.74) is 5.22. The van der Waals surface area contributed by atoms with Crippen LogP contribution in [-0.4, -0.2) is 31.0 Å². The molecule has 0 spiro atoms. The van der Waals surface area contributed by atoms with Gasteiger partial charge in [-0.05, 0) is 107 Å². The van der Waals surface area contributed by atoms with Gasteiger partial charge in [0.25, 0.3) is 0 Å². The first-order chi connectivity index (χ1) is 18.8. The van der Waals surface area contributed by atoms with Crippen molar-refractivity contribution in [2.24, 2.45) is 0 Å². The number of nitrogens with zero attached hydrogens (tertiary/aromatic N) is 1. The van der Waals surface area contributed by atoms with Gasteiger partial charge in [0.05, 0.1) is 17.0 Å². The van der Waals surface area contributed by atoms with Crippen molar-refractivity contribution in [2.75, 3.05) is 4.90 Å². The Labute approximate surface area is 240 Å². The highest BCUT2D eigenvalue weighted by Crippen LogP contribution is 2.38. The molecular weight excluding hydrogens is 496 g/mol. The summed E-state index contributed by atoms with van der Waals surface area (Å²) in [6, 6.07) is 25.7. The highest BCUT2D eigenvalue weighted by molar-refractivity contribution is 6.62. The maximum absolute atomic E-state index is 6.28. The van der Waals surface area contributed by atoms with Crippen molar-refractivity contribution in [3.8, 4) is 0 Å². The maximum atomic E-state index is 6.28. The Bertz CT molecular complexity index is 1330. The molecule has 0 N–H and O–H groups in total. The topological polar surface area (TPSA) is 40.2 Å². The van der Waals surface area contributed by atoms with E-state index in [9.17, 15) is 0 Å². The van der Waals surface area contributed by atoms with E-state index in [-0.39, 0.29) is 11.2 Å². The minimum absolute atomic E-state index is 0.379. The molecule has 0 bridgehead atoms. The Morgan fingerprint density at radius 1 is 0.675 bits per heavy atom. The molecule has 0 radical (unpaired) electrons. The molecule has 0 aliphatic carbocycles. The molecular formula is C33H41B2NO4. The second-order valence-electron chi connectivity index (χ2n) is 12.5. The molecule has 40 heavy (non-hydrogen) atoms. The number of hydrogen-bond acceptors (Lipinski definition) is 5. The van der Waals surface area contributed by atoms with Crippen LogP contribution in [0, 0.1) is 0 Å². The molecule has 0 aromatic heterocycles. The Hall–Kier alpha value is -2.99. The van der Waals surface area contributed by atoms with Crippen molar-refractivity contribution in [3.63, 3.8) is 0 Å². The standard InChI is InChI=1S/C33H41B2NO4/c1-10-23(2)25-11-17-28(18-12-25)36(29-19-13-26(14-20-29)34-37-24(3)31(4,5)38-34)30-21-15-27(16-22-30)35-39-32(6,7)33(8,9)40-35/h11-23H,3,10H2,1-2,4-9H3. The van der Waals surface area contributed by atoms with Crippen LogP contribution in [0.25, 0.3) is 0 Å². The van der Waals surface area contributed by atoms with Gasteiger partial charge in [0.2, 0.25) is 0 Å². The van der Waals surface area contributed by atoms with Gasteiger partial charge in [0, 0.05) is 17.1 Å². The van der Waals surface area contributed by atoms with Crippen LogP contribution in [0.15, 0.2) is 85.1 Å². The molecule has 208 valence electrons. The summed E-state index contributed by atoms with van der Waals surface area (Å²) in [4.78, 5) is 2.26. The molecule has 2 aliphatic rings. The first-order valence-corrected chi connectivity index (χ1v) is 14.3. The summed E-state index contributed by atoms with van der Waals surface area (Å²) in [5.74, 6) is 1.16. The van der Waals surface area contributed by atoms with Crippen LogP contribution in [0.1, 0.15) is 73.3 Å². The van der Waals surface area contributed by atoms with Gasteiger partial charge in [-0.2, -0.15) is 0 Å². The van der Waals surface area contributed by atoms with Crippen molar-refractivity contribution in [1.82, 2.24) is 0 Å². The van der Waals surface area contributed by atoms with E-state index in [0.29, 0.717) is 11.7 Å². The summed E-state index contributed by atoms with van der Waals surface area (Å²) in [6.07, 6.45) is 1.11. The summed E-state index contributed by atoms with van der Waals surface area (Å²) in [6.45, 7) is 20.8. The summed E-state index contributed by atoms with van der Waals surface area (Å²) >= 11 is 0. The second-order valence-corrected chi connectivity index (χ2v) is 12.5. The van der Waals surface area contributed by atoms with Gasteiger partial charge in [-0.25, -0.2) is 0 Å². The quantitative estimate of drug-likeness (QED) is 0.304. The zero-order valence-electron chi connectivity index (χ0n) is 25.2. The molecule has 7 heteroatoms. The van der Waals surface area contributed by atoms with E-state index < -0.39 is 19.8 Å². The first-order valence-electron chi connectivity index (χ1n) is 14.3. The van der Waals surface area contributed by atoms with Gasteiger partial charge in [-0.1, -0.05) is 56.8 Å². The third kappa shape index (κ3) is 5.35. The fourth-order valence-corrected chi connectivity index (χ4v) is 4.94. The van der Waals surface area contributed by atoms with E-state index in [2.05, 4.69) is 126 Å². The lowest BCUT2D eigenvalue weighted by Crippen LogP contribution is -2.41. The molecule has 2 heterocycles. The van der Waals surface area contributed by atoms with Crippen LogP contribution in [0.2, 0.25) is 0 Å². The average molecular weight is 537 g/mol. The number of hydrogen-bond donors (Lipinski definition) is 0. The Kier molecular flexibility index (Phi) is 7.45. The van der Waals surface area contributed by atoms with Crippen molar-refractivity contribution < 1.29 is 18.6 Å². The minimum Gasteiger partial charge on any atom is -0.534 e. The van der Waals surface area contributed by atoms with Gasteiger partial charge in [-0.3, -0.25) is 0 Å². The lowest BCUT2D eigenvalue weighted by atomic mass is 9.79. The first kappa shape index (κ1) is 28.5. The Morgan fingerprint density at radius 3 is 1.50 bits per heavy atom. The normalized spacial score (nSPS) is 19.9. The molecule has 1 unspecified atom stereocenters. The molecule has 3 aromatic carbocycles. The molecule has 1 atom stereocenters. The van der Waals surface area contributed by atoms with Gasteiger partial charge in [-0.15, -0.1) is 0 Å². The highest BCUT2D eigenvalue weighted by atomic mass is 16.7. The summed E-state index contributed by atoms with van der Waals surface area (Å²) in [5, 5.41) is 0. The average Bonchev–Trinajstić information content (AvgIpc) is 3.33. The molecule has 0 saturated carbocycles. The molecule has 2 saturated heterocycles. The van der Waals surface area contributed by atoms with Crippen molar-refractivity contribution >= 4 is 42.2 Å².